The summed E-state index contributed by atoms with van der Waals surface area (Å²) in [7, 11) is 0. The standard InChI is InChI=1S/C13H21NO3/c1-5-17-13(16)12-9(3)11(10(4)14-12)8(2)6-7-15/h8,14-15H,5-7H2,1-4H3/t8-/m0/s1. The van der Waals surface area contributed by atoms with E-state index in [1.165, 1.54) is 0 Å². The molecule has 4 heteroatoms. The van der Waals surface area contributed by atoms with Crippen molar-refractivity contribution in [2.24, 2.45) is 0 Å². The van der Waals surface area contributed by atoms with Crippen LogP contribution in [0.4, 0.5) is 0 Å². The Morgan fingerprint density at radius 2 is 2.12 bits per heavy atom. The Morgan fingerprint density at radius 3 is 2.65 bits per heavy atom. The molecular weight excluding hydrogens is 218 g/mol. The van der Waals surface area contributed by atoms with Gasteiger partial charge in [0.2, 0.25) is 0 Å². The van der Waals surface area contributed by atoms with E-state index in [9.17, 15) is 4.79 Å². The lowest BCUT2D eigenvalue weighted by Crippen LogP contribution is -2.07. The largest absolute Gasteiger partial charge is 0.461 e. The van der Waals surface area contributed by atoms with Crippen LogP contribution >= 0.6 is 0 Å². The second kappa shape index (κ2) is 5.87. The van der Waals surface area contributed by atoms with E-state index >= 15 is 0 Å². The zero-order valence-electron chi connectivity index (χ0n) is 11.0. The summed E-state index contributed by atoms with van der Waals surface area (Å²) in [4.78, 5) is 14.8. The maximum atomic E-state index is 11.7. The van der Waals surface area contributed by atoms with Gasteiger partial charge in [-0.05, 0) is 44.2 Å². The predicted octanol–water partition coefficient (Wildman–Crippen LogP) is 2.29. The van der Waals surface area contributed by atoms with Gasteiger partial charge in [-0.1, -0.05) is 6.92 Å². The van der Waals surface area contributed by atoms with Gasteiger partial charge in [0.05, 0.1) is 6.61 Å². The molecule has 0 unspecified atom stereocenters. The molecule has 4 nitrogen and oxygen atoms in total. The van der Waals surface area contributed by atoms with Crippen LogP contribution in [0.2, 0.25) is 0 Å². The average molecular weight is 239 g/mol. The maximum absolute atomic E-state index is 11.7. The minimum absolute atomic E-state index is 0.153. The lowest BCUT2D eigenvalue weighted by atomic mass is 9.94. The van der Waals surface area contributed by atoms with Crippen molar-refractivity contribution < 1.29 is 14.6 Å². The molecule has 1 aromatic rings. The minimum Gasteiger partial charge on any atom is -0.461 e. The monoisotopic (exact) mass is 239 g/mol. The van der Waals surface area contributed by atoms with Crippen molar-refractivity contribution >= 4 is 5.97 Å². The third kappa shape index (κ3) is 2.88. The first-order valence-electron chi connectivity index (χ1n) is 5.99. The van der Waals surface area contributed by atoms with Crippen LogP contribution in [0, 0.1) is 13.8 Å². The molecule has 0 aromatic carbocycles. The van der Waals surface area contributed by atoms with Crippen molar-refractivity contribution in [3.8, 4) is 0 Å². The highest BCUT2D eigenvalue weighted by Crippen LogP contribution is 2.28. The number of ether oxygens (including phenoxy) is 1. The quantitative estimate of drug-likeness (QED) is 0.775. The summed E-state index contributed by atoms with van der Waals surface area (Å²) in [5.74, 6) is -0.0741. The number of nitrogens with one attached hydrogen (secondary N) is 1. The fraction of sp³-hybridized carbons (Fsp3) is 0.615. The van der Waals surface area contributed by atoms with E-state index in [1.54, 1.807) is 6.92 Å². The number of H-pyrrole nitrogens is 1. The van der Waals surface area contributed by atoms with Gasteiger partial charge in [-0.2, -0.15) is 0 Å². The molecule has 0 aliphatic rings. The molecule has 0 amide bonds. The fourth-order valence-electron chi connectivity index (χ4n) is 2.25. The van der Waals surface area contributed by atoms with Crippen LogP contribution in [0.5, 0.6) is 0 Å². The molecule has 0 saturated heterocycles. The first-order valence-corrected chi connectivity index (χ1v) is 5.99. The summed E-state index contributed by atoms with van der Waals surface area (Å²) in [5.41, 5.74) is 3.56. The summed E-state index contributed by atoms with van der Waals surface area (Å²) in [6, 6.07) is 0. The van der Waals surface area contributed by atoms with Crippen molar-refractivity contribution in [2.75, 3.05) is 13.2 Å². The zero-order valence-corrected chi connectivity index (χ0v) is 11.0. The molecule has 0 bridgehead atoms. The normalized spacial score (nSPS) is 12.5. The highest BCUT2D eigenvalue weighted by atomic mass is 16.5. The van der Waals surface area contributed by atoms with E-state index < -0.39 is 0 Å². The van der Waals surface area contributed by atoms with Gasteiger partial charge in [0.25, 0.3) is 0 Å². The van der Waals surface area contributed by atoms with Crippen LogP contribution in [-0.2, 0) is 4.74 Å². The molecule has 17 heavy (non-hydrogen) atoms. The molecule has 0 aliphatic heterocycles. The number of carbonyl (C=O) groups excluding carboxylic acids is 1. The molecule has 1 aromatic heterocycles. The van der Waals surface area contributed by atoms with Crippen LogP contribution in [0.1, 0.15) is 53.5 Å². The van der Waals surface area contributed by atoms with Crippen molar-refractivity contribution in [1.29, 1.82) is 0 Å². The summed E-state index contributed by atoms with van der Waals surface area (Å²) < 4.78 is 5.00. The Morgan fingerprint density at radius 1 is 1.47 bits per heavy atom. The highest BCUT2D eigenvalue weighted by molar-refractivity contribution is 5.89. The summed E-state index contributed by atoms with van der Waals surface area (Å²) in [5, 5.41) is 8.98. The number of esters is 1. The van der Waals surface area contributed by atoms with Gasteiger partial charge in [-0.15, -0.1) is 0 Å². The third-order valence-corrected chi connectivity index (χ3v) is 3.03. The molecule has 0 spiro atoms. The van der Waals surface area contributed by atoms with Gasteiger partial charge in [0.15, 0.2) is 0 Å². The topological polar surface area (TPSA) is 62.3 Å². The Kier molecular flexibility index (Phi) is 4.75. The van der Waals surface area contributed by atoms with Gasteiger partial charge in [-0.25, -0.2) is 4.79 Å². The van der Waals surface area contributed by atoms with E-state index in [0.717, 1.165) is 16.8 Å². The number of aliphatic hydroxyl groups excluding tert-OH is 1. The highest BCUT2D eigenvalue weighted by Gasteiger charge is 2.21. The number of aromatic amines is 1. The van der Waals surface area contributed by atoms with Gasteiger partial charge >= 0.3 is 5.97 Å². The average Bonchev–Trinajstić information content (AvgIpc) is 2.55. The third-order valence-electron chi connectivity index (χ3n) is 3.03. The van der Waals surface area contributed by atoms with Crippen LogP contribution < -0.4 is 0 Å². The fourth-order valence-corrected chi connectivity index (χ4v) is 2.25. The lowest BCUT2D eigenvalue weighted by Gasteiger charge is -2.11. The van der Waals surface area contributed by atoms with Crippen molar-refractivity contribution in [2.45, 2.75) is 40.0 Å². The summed E-state index contributed by atoms with van der Waals surface area (Å²) in [6.45, 7) is 8.22. The Hall–Kier alpha value is -1.29. The number of aryl methyl sites for hydroxylation is 1. The van der Waals surface area contributed by atoms with Gasteiger partial charge in [0, 0.05) is 12.3 Å². The lowest BCUT2D eigenvalue weighted by molar-refractivity contribution is 0.0519. The predicted molar refractivity (Wildman–Crippen MR) is 66.3 cm³/mol. The van der Waals surface area contributed by atoms with Crippen LogP contribution in [0.3, 0.4) is 0 Å². The molecule has 0 aliphatic carbocycles. The van der Waals surface area contributed by atoms with Gasteiger partial charge < -0.3 is 14.8 Å². The van der Waals surface area contributed by atoms with E-state index in [-0.39, 0.29) is 18.5 Å². The number of hydrogen-bond donors (Lipinski definition) is 2. The SMILES string of the molecule is CCOC(=O)c1[nH]c(C)c([C@@H](C)CCO)c1C. The van der Waals surface area contributed by atoms with Crippen LogP contribution in [0.15, 0.2) is 0 Å². The molecule has 1 atom stereocenters. The maximum Gasteiger partial charge on any atom is 0.355 e. The molecule has 0 radical (unpaired) electrons. The zero-order chi connectivity index (χ0) is 13.0. The number of hydrogen-bond acceptors (Lipinski definition) is 3. The number of aromatic nitrogens is 1. The molecule has 0 fully saturated rings. The summed E-state index contributed by atoms with van der Waals surface area (Å²) in [6.07, 6.45) is 0.696. The molecule has 1 rings (SSSR count). The Balaban J connectivity index is 3.05. The van der Waals surface area contributed by atoms with Crippen molar-refractivity contribution in [1.82, 2.24) is 4.98 Å². The Labute approximate surface area is 102 Å². The molecule has 0 saturated carbocycles. The van der Waals surface area contributed by atoms with Gasteiger partial charge in [0.1, 0.15) is 5.69 Å². The second-order valence-corrected chi connectivity index (χ2v) is 4.30. The number of rotatable bonds is 5. The Bertz CT molecular complexity index is 396. The van der Waals surface area contributed by atoms with Crippen LogP contribution in [0.25, 0.3) is 0 Å². The first-order chi connectivity index (χ1) is 8.02. The van der Waals surface area contributed by atoms with Crippen molar-refractivity contribution in [3.05, 3.63) is 22.5 Å². The van der Waals surface area contributed by atoms with Crippen LogP contribution in [-0.4, -0.2) is 29.3 Å². The van der Waals surface area contributed by atoms with E-state index in [1.807, 2.05) is 20.8 Å². The number of aliphatic hydroxyl groups is 1. The first kappa shape index (κ1) is 13.8. The van der Waals surface area contributed by atoms with Crippen molar-refractivity contribution in [3.63, 3.8) is 0 Å². The van der Waals surface area contributed by atoms with E-state index in [4.69, 9.17) is 9.84 Å². The second-order valence-electron chi connectivity index (χ2n) is 4.30. The smallest absolute Gasteiger partial charge is 0.355 e. The molecule has 1 heterocycles. The number of carbonyl (C=O) groups is 1. The summed E-state index contributed by atoms with van der Waals surface area (Å²) >= 11 is 0. The van der Waals surface area contributed by atoms with E-state index in [2.05, 4.69) is 4.98 Å². The minimum atomic E-state index is -0.310. The molecular formula is C13H21NO3. The molecule has 2 N–H and O–H groups in total. The molecule has 96 valence electrons. The van der Waals surface area contributed by atoms with E-state index in [0.29, 0.717) is 18.7 Å². The van der Waals surface area contributed by atoms with Gasteiger partial charge in [-0.3, -0.25) is 0 Å².